The lowest BCUT2D eigenvalue weighted by Gasteiger charge is -2.01. The van der Waals surface area contributed by atoms with E-state index in [9.17, 15) is 0 Å². The van der Waals surface area contributed by atoms with Crippen molar-refractivity contribution in [3.8, 4) is 0 Å². The molecule has 0 aliphatic rings. The number of rotatable bonds is 3. The smallest absolute Gasteiger partial charge is 0.139 e. The molecule has 0 saturated carbocycles. The molecule has 16 heavy (non-hydrogen) atoms. The number of imidazole rings is 1. The molecule has 0 radical (unpaired) electrons. The van der Waals surface area contributed by atoms with Gasteiger partial charge in [-0.3, -0.25) is 4.40 Å². The summed E-state index contributed by atoms with van der Waals surface area (Å²) in [4.78, 5) is 4.57. The first-order valence-corrected chi connectivity index (χ1v) is 6.35. The molecule has 2 N–H and O–H groups in total. The number of pyridine rings is 1. The molecule has 2 aromatic heterocycles. The van der Waals surface area contributed by atoms with E-state index in [1.807, 2.05) is 10.6 Å². The zero-order valence-corrected chi connectivity index (χ0v) is 11.2. The van der Waals surface area contributed by atoms with Crippen molar-refractivity contribution >= 4 is 27.4 Å². The molecule has 0 aliphatic carbocycles. The number of hydrogen-bond acceptors (Lipinski definition) is 2. The molecule has 3 nitrogen and oxygen atoms in total. The number of unbranched alkanes of at least 4 members (excludes halogenated alkanes) is 1. The first-order chi connectivity index (χ1) is 7.63. The van der Waals surface area contributed by atoms with Crippen LogP contribution in [-0.4, -0.2) is 9.38 Å². The number of halogens is 1. The highest BCUT2D eigenvalue weighted by Crippen LogP contribution is 2.22. The van der Waals surface area contributed by atoms with Crippen LogP contribution < -0.4 is 5.73 Å². The fourth-order valence-corrected chi connectivity index (χ4v) is 2.07. The Hall–Kier alpha value is -1.03. The molecule has 0 saturated heterocycles. The maximum atomic E-state index is 6.08. The summed E-state index contributed by atoms with van der Waals surface area (Å²) in [6, 6.07) is 2.05. The van der Waals surface area contributed by atoms with Crippen molar-refractivity contribution in [3.63, 3.8) is 0 Å². The Morgan fingerprint density at radius 1 is 1.50 bits per heavy atom. The van der Waals surface area contributed by atoms with Crippen molar-refractivity contribution in [3.05, 3.63) is 28.0 Å². The molecule has 2 aromatic rings. The number of nitrogen functional groups attached to an aromatic ring is 1. The number of nitrogens with two attached hydrogens (primary N) is 1. The Kier molecular flexibility index (Phi) is 3.19. The lowest BCUT2D eigenvalue weighted by Crippen LogP contribution is -1.96. The number of nitrogens with zero attached hydrogens (tertiary/aromatic N) is 2. The van der Waals surface area contributed by atoms with E-state index in [2.05, 4.69) is 40.8 Å². The maximum Gasteiger partial charge on any atom is 0.139 e. The lowest BCUT2D eigenvalue weighted by atomic mass is 10.2. The van der Waals surface area contributed by atoms with Crippen molar-refractivity contribution in [1.29, 1.82) is 0 Å². The fraction of sp³-hybridized carbons (Fsp3) is 0.417. The quantitative estimate of drug-likeness (QED) is 0.938. The Morgan fingerprint density at radius 3 is 2.94 bits per heavy atom. The number of anilines is 1. The van der Waals surface area contributed by atoms with Crippen LogP contribution in [-0.2, 0) is 6.42 Å². The van der Waals surface area contributed by atoms with Gasteiger partial charge in [0.2, 0.25) is 0 Å². The highest BCUT2D eigenvalue weighted by Gasteiger charge is 2.09. The van der Waals surface area contributed by atoms with Crippen LogP contribution in [0.2, 0.25) is 0 Å². The molecular weight excluding hydrogens is 266 g/mol. The number of aromatic nitrogens is 2. The minimum atomic E-state index is 0.768. The van der Waals surface area contributed by atoms with Gasteiger partial charge in [0.05, 0.1) is 5.69 Å². The van der Waals surface area contributed by atoms with Gasteiger partial charge in [0.1, 0.15) is 11.5 Å². The minimum absolute atomic E-state index is 0.768. The van der Waals surface area contributed by atoms with Crippen molar-refractivity contribution < 1.29 is 0 Å². The zero-order valence-electron chi connectivity index (χ0n) is 9.63. The molecule has 0 fully saturated rings. The van der Waals surface area contributed by atoms with E-state index in [4.69, 9.17) is 5.73 Å². The van der Waals surface area contributed by atoms with Crippen molar-refractivity contribution in [1.82, 2.24) is 9.38 Å². The van der Waals surface area contributed by atoms with Crippen LogP contribution in [0.1, 0.15) is 31.0 Å². The van der Waals surface area contributed by atoms with Crippen LogP contribution in [0.15, 0.2) is 16.7 Å². The summed E-state index contributed by atoms with van der Waals surface area (Å²) in [6.07, 6.45) is 5.24. The van der Waals surface area contributed by atoms with E-state index in [0.717, 1.165) is 40.9 Å². The lowest BCUT2D eigenvalue weighted by molar-refractivity contribution is 0.783. The number of fused-ring (bicyclic) bond motifs is 1. The van der Waals surface area contributed by atoms with Gasteiger partial charge in [-0.1, -0.05) is 13.3 Å². The summed E-state index contributed by atoms with van der Waals surface area (Å²) < 4.78 is 3.01. The van der Waals surface area contributed by atoms with Crippen LogP contribution in [0, 0.1) is 6.92 Å². The van der Waals surface area contributed by atoms with Crippen LogP contribution in [0.25, 0.3) is 5.65 Å². The second kappa shape index (κ2) is 4.45. The van der Waals surface area contributed by atoms with Gasteiger partial charge >= 0.3 is 0 Å². The summed E-state index contributed by atoms with van der Waals surface area (Å²) in [7, 11) is 0. The summed E-state index contributed by atoms with van der Waals surface area (Å²) in [5, 5.41) is 0. The van der Waals surface area contributed by atoms with Gasteiger partial charge in [-0.15, -0.1) is 0 Å². The molecule has 2 rings (SSSR count). The minimum Gasteiger partial charge on any atom is -0.383 e. The summed E-state index contributed by atoms with van der Waals surface area (Å²) in [5.41, 5.74) is 9.21. The van der Waals surface area contributed by atoms with Gasteiger partial charge in [-0.2, -0.15) is 0 Å². The molecule has 0 unspecified atom stereocenters. The number of aryl methyl sites for hydroxylation is 2. The SMILES string of the molecule is CCCCc1nc2cc(C)c(Br)cn2c1N. The van der Waals surface area contributed by atoms with Crippen molar-refractivity contribution in [2.75, 3.05) is 5.73 Å². The monoisotopic (exact) mass is 281 g/mol. The first kappa shape index (κ1) is 11.5. The van der Waals surface area contributed by atoms with Crippen molar-refractivity contribution in [2.24, 2.45) is 0 Å². The largest absolute Gasteiger partial charge is 0.383 e. The molecule has 4 heteroatoms. The van der Waals surface area contributed by atoms with Gasteiger partial charge in [0, 0.05) is 10.7 Å². The van der Waals surface area contributed by atoms with Gasteiger partial charge in [0.15, 0.2) is 0 Å². The third-order valence-corrected chi connectivity index (χ3v) is 3.61. The average Bonchev–Trinajstić information content (AvgIpc) is 2.54. The second-order valence-electron chi connectivity index (χ2n) is 4.08. The predicted octanol–water partition coefficient (Wildman–Crippen LogP) is 3.33. The fourth-order valence-electron chi connectivity index (χ4n) is 1.76. The Bertz CT molecular complexity index is 516. The Balaban J connectivity index is 2.50. The average molecular weight is 282 g/mol. The second-order valence-corrected chi connectivity index (χ2v) is 4.93. The van der Waals surface area contributed by atoms with E-state index in [0.29, 0.717) is 0 Å². The number of hydrogen-bond donors (Lipinski definition) is 1. The van der Waals surface area contributed by atoms with Gasteiger partial charge in [-0.25, -0.2) is 4.98 Å². The van der Waals surface area contributed by atoms with Gasteiger partial charge in [-0.05, 0) is 47.3 Å². The third-order valence-electron chi connectivity index (χ3n) is 2.78. The molecule has 86 valence electrons. The third kappa shape index (κ3) is 1.94. The van der Waals surface area contributed by atoms with Crippen LogP contribution in [0.5, 0.6) is 0 Å². The normalized spacial score (nSPS) is 11.2. The van der Waals surface area contributed by atoms with E-state index >= 15 is 0 Å². The Labute approximate surface area is 104 Å². The summed E-state index contributed by atoms with van der Waals surface area (Å²) in [6.45, 7) is 4.23. The van der Waals surface area contributed by atoms with Crippen LogP contribution >= 0.6 is 15.9 Å². The van der Waals surface area contributed by atoms with E-state index < -0.39 is 0 Å². The molecule has 0 atom stereocenters. The molecule has 0 aliphatic heterocycles. The highest BCUT2D eigenvalue weighted by atomic mass is 79.9. The highest BCUT2D eigenvalue weighted by molar-refractivity contribution is 9.10. The molecule has 0 bridgehead atoms. The van der Waals surface area contributed by atoms with Crippen molar-refractivity contribution in [2.45, 2.75) is 33.1 Å². The topological polar surface area (TPSA) is 43.3 Å². The summed E-state index contributed by atoms with van der Waals surface area (Å²) in [5.74, 6) is 0.768. The first-order valence-electron chi connectivity index (χ1n) is 5.56. The van der Waals surface area contributed by atoms with Crippen LogP contribution in [0.4, 0.5) is 5.82 Å². The van der Waals surface area contributed by atoms with E-state index in [-0.39, 0.29) is 0 Å². The Morgan fingerprint density at radius 2 is 2.25 bits per heavy atom. The van der Waals surface area contributed by atoms with E-state index in [1.165, 1.54) is 5.56 Å². The predicted molar refractivity (Wildman–Crippen MR) is 70.7 cm³/mol. The molecule has 0 spiro atoms. The zero-order chi connectivity index (χ0) is 11.7. The summed E-state index contributed by atoms with van der Waals surface area (Å²) >= 11 is 3.51. The molecule has 2 heterocycles. The maximum absolute atomic E-state index is 6.08. The molecule has 0 aromatic carbocycles. The molecular formula is C12H16BrN3. The molecule has 0 amide bonds. The van der Waals surface area contributed by atoms with Gasteiger partial charge in [0.25, 0.3) is 0 Å². The van der Waals surface area contributed by atoms with Gasteiger partial charge < -0.3 is 5.73 Å². The van der Waals surface area contributed by atoms with E-state index in [1.54, 1.807) is 0 Å². The van der Waals surface area contributed by atoms with Crippen LogP contribution in [0.3, 0.4) is 0 Å². The standard InChI is InChI=1S/C12H16BrN3/c1-3-4-5-10-12(14)16-7-9(13)8(2)6-11(16)15-10/h6-7H,3-5,14H2,1-2H3.